The van der Waals surface area contributed by atoms with Crippen molar-refractivity contribution < 1.29 is 0 Å². The highest BCUT2D eigenvalue weighted by atomic mass is 15.2. The van der Waals surface area contributed by atoms with Gasteiger partial charge < -0.3 is 10.2 Å². The van der Waals surface area contributed by atoms with Gasteiger partial charge in [-0.05, 0) is 44.9 Å². The van der Waals surface area contributed by atoms with Gasteiger partial charge in [-0.3, -0.25) is 0 Å². The first kappa shape index (κ1) is 13.6. The zero-order chi connectivity index (χ0) is 13.1. The lowest BCUT2D eigenvalue weighted by molar-refractivity contribution is 0.325. The number of likely N-dealkylation sites (N-methyl/N-ethyl adjacent to an activating group) is 1. The molecule has 0 bridgehead atoms. The lowest BCUT2D eigenvalue weighted by atomic mass is 10.0. The maximum atomic E-state index is 3.75. The first-order valence-electron chi connectivity index (χ1n) is 7.15. The molecule has 1 aromatic carbocycles. The van der Waals surface area contributed by atoms with Crippen LogP contribution in [-0.2, 0) is 6.42 Å². The Morgan fingerprint density at radius 2 is 2.00 bits per heavy atom. The molecule has 1 fully saturated rings. The summed E-state index contributed by atoms with van der Waals surface area (Å²) in [5.74, 6) is 0. The van der Waals surface area contributed by atoms with Crippen LogP contribution in [0, 0.1) is 0 Å². The fraction of sp³-hybridized carbons (Fsp3) is 0.625. The molecule has 0 amide bonds. The first-order chi connectivity index (χ1) is 8.60. The molecule has 0 saturated carbocycles. The molecule has 1 aliphatic rings. The minimum absolute atomic E-state index is 0.444. The number of nitrogens with zero attached hydrogens (tertiary/aromatic N) is 1. The lowest BCUT2D eigenvalue weighted by Crippen LogP contribution is -2.33. The summed E-state index contributed by atoms with van der Waals surface area (Å²) in [4.78, 5) is 2.44. The summed E-state index contributed by atoms with van der Waals surface area (Å²) in [7, 11) is 2.22. The third kappa shape index (κ3) is 3.12. The van der Waals surface area contributed by atoms with E-state index in [9.17, 15) is 0 Å². The molecule has 0 spiro atoms. The molecule has 2 nitrogen and oxygen atoms in total. The van der Waals surface area contributed by atoms with E-state index in [0.29, 0.717) is 18.1 Å². The summed E-state index contributed by atoms with van der Waals surface area (Å²) < 4.78 is 0. The highest BCUT2D eigenvalue weighted by Crippen LogP contribution is 2.20. The van der Waals surface area contributed by atoms with E-state index in [4.69, 9.17) is 0 Å². The number of hydrogen-bond acceptors (Lipinski definition) is 2. The summed E-state index contributed by atoms with van der Waals surface area (Å²) >= 11 is 0. The quantitative estimate of drug-likeness (QED) is 0.878. The van der Waals surface area contributed by atoms with Crippen molar-refractivity contribution in [3.63, 3.8) is 0 Å². The number of rotatable bonds is 4. The number of nitrogens with one attached hydrogen (secondary N) is 1. The molecule has 1 saturated heterocycles. The van der Waals surface area contributed by atoms with Gasteiger partial charge in [-0.2, -0.15) is 0 Å². The molecule has 0 aliphatic carbocycles. The molecule has 2 heteroatoms. The average molecular weight is 246 g/mol. The second-order valence-electron chi connectivity index (χ2n) is 5.70. The standard InChI is InChI=1S/C16H26N2/c1-5-14-6-8-15(9-7-14)13(3)17-16-10-12(2)18(4)11-16/h6-9,12-13,16-17H,5,10-11H2,1-4H3. The van der Waals surface area contributed by atoms with Crippen LogP contribution in [0.25, 0.3) is 0 Å². The number of aryl methyl sites for hydroxylation is 1. The van der Waals surface area contributed by atoms with Gasteiger partial charge in [-0.25, -0.2) is 0 Å². The van der Waals surface area contributed by atoms with Crippen LogP contribution in [0.15, 0.2) is 24.3 Å². The summed E-state index contributed by atoms with van der Waals surface area (Å²) in [6, 6.07) is 10.8. The number of benzene rings is 1. The van der Waals surface area contributed by atoms with Crippen molar-refractivity contribution in [3.05, 3.63) is 35.4 Å². The summed E-state index contributed by atoms with van der Waals surface area (Å²) in [5, 5.41) is 3.75. The van der Waals surface area contributed by atoms with Crippen molar-refractivity contribution in [2.75, 3.05) is 13.6 Å². The SMILES string of the molecule is CCc1ccc(C(C)NC2CC(C)N(C)C2)cc1. The summed E-state index contributed by atoms with van der Waals surface area (Å²) in [6.45, 7) is 7.94. The van der Waals surface area contributed by atoms with Crippen molar-refractivity contribution in [2.45, 2.75) is 51.7 Å². The first-order valence-corrected chi connectivity index (χ1v) is 7.15. The molecule has 3 atom stereocenters. The van der Waals surface area contributed by atoms with Crippen LogP contribution in [0.4, 0.5) is 0 Å². The minimum Gasteiger partial charge on any atom is -0.306 e. The Balaban J connectivity index is 1.93. The molecule has 100 valence electrons. The van der Waals surface area contributed by atoms with Crippen LogP contribution in [0.1, 0.15) is 44.4 Å². The zero-order valence-corrected chi connectivity index (χ0v) is 12.1. The number of hydrogen-bond donors (Lipinski definition) is 1. The fourth-order valence-electron chi connectivity index (χ4n) is 2.81. The molecule has 0 aromatic heterocycles. The van der Waals surface area contributed by atoms with Gasteiger partial charge in [-0.15, -0.1) is 0 Å². The van der Waals surface area contributed by atoms with Gasteiger partial charge in [0.2, 0.25) is 0 Å². The second-order valence-corrected chi connectivity index (χ2v) is 5.70. The van der Waals surface area contributed by atoms with Crippen molar-refractivity contribution in [3.8, 4) is 0 Å². The van der Waals surface area contributed by atoms with E-state index in [1.165, 1.54) is 24.1 Å². The average Bonchev–Trinajstić information content (AvgIpc) is 2.68. The molecule has 1 heterocycles. The van der Waals surface area contributed by atoms with E-state index in [1.807, 2.05) is 0 Å². The van der Waals surface area contributed by atoms with E-state index in [1.54, 1.807) is 0 Å². The Hall–Kier alpha value is -0.860. The van der Waals surface area contributed by atoms with Gasteiger partial charge in [0.05, 0.1) is 0 Å². The Labute approximate surface area is 111 Å². The number of likely N-dealkylation sites (tertiary alicyclic amines) is 1. The van der Waals surface area contributed by atoms with Gasteiger partial charge in [0.1, 0.15) is 0 Å². The normalized spacial score (nSPS) is 26.4. The summed E-state index contributed by atoms with van der Waals surface area (Å²) in [5.41, 5.74) is 2.81. The Kier molecular flexibility index (Phi) is 4.41. The highest BCUT2D eigenvalue weighted by Gasteiger charge is 2.26. The summed E-state index contributed by atoms with van der Waals surface area (Å²) in [6.07, 6.45) is 2.38. The lowest BCUT2D eigenvalue weighted by Gasteiger charge is -2.20. The van der Waals surface area contributed by atoms with Crippen LogP contribution in [0.2, 0.25) is 0 Å². The molecule has 0 radical (unpaired) electrons. The molecule has 18 heavy (non-hydrogen) atoms. The van der Waals surface area contributed by atoms with Crippen LogP contribution < -0.4 is 5.32 Å². The molecule has 1 N–H and O–H groups in total. The minimum atomic E-state index is 0.444. The van der Waals surface area contributed by atoms with E-state index in [2.05, 4.69) is 62.3 Å². The van der Waals surface area contributed by atoms with Gasteiger partial charge >= 0.3 is 0 Å². The van der Waals surface area contributed by atoms with Crippen molar-refractivity contribution in [1.29, 1.82) is 0 Å². The van der Waals surface area contributed by atoms with Gasteiger partial charge in [0.15, 0.2) is 0 Å². The van der Waals surface area contributed by atoms with E-state index < -0.39 is 0 Å². The molecule has 1 aliphatic heterocycles. The Bertz CT molecular complexity index is 361. The molecule has 1 aromatic rings. The molecule has 2 rings (SSSR count). The Morgan fingerprint density at radius 1 is 1.33 bits per heavy atom. The Morgan fingerprint density at radius 3 is 2.50 bits per heavy atom. The second kappa shape index (κ2) is 5.85. The predicted octanol–water partition coefficient (Wildman–Crippen LogP) is 2.99. The highest BCUT2D eigenvalue weighted by molar-refractivity contribution is 5.24. The fourth-order valence-corrected chi connectivity index (χ4v) is 2.81. The van der Waals surface area contributed by atoms with Crippen LogP contribution in [0.3, 0.4) is 0 Å². The van der Waals surface area contributed by atoms with Crippen molar-refractivity contribution in [1.82, 2.24) is 10.2 Å². The third-order valence-corrected chi connectivity index (χ3v) is 4.26. The van der Waals surface area contributed by atoms with Crippen LogP contribution >= 0.6 is 0 Å². The zero-order valence-electron chi connectivity index (χ0n) is 12.1. The van der Waals surface area contributed by atoms with Crippen LogP contribution in [-0.4, -0.2) is 30.6 Å². The largest absolute Gasteiger partial charge is 0.306 e. The monoisotopic (exact) mass is 246 g/mol. The third-order valence-electron chi connectivity index (χ3n) is 4.26. The topological polar surface area (TPSA) is 15.3 Å². The van der Waals surface area contributed by atoms with Gasteiger partial charge in [0.25, 0.3) is 0 Å². The smallest absolute Gasteiger partial charge is 0.0294 e. The van der Waals surface area contributed by atoms with Gasteiger partial charge in [0, 0.05) is 24.7 Å². The van der Waals surface area contributed by atoms with Crippen molar-refractivity contribution in [2.24, 2.45) is 0 Å². The molecule has 3 unspecified atom stereocenters. The maximum absolute atomic E-state index is 3.75. The van der Waals surface area contributed by atoms with E-state index in [-0.39, 0.29) is 0 Å². The van der Waals surface area contributed by atoms with Crippen LogP contribution in [0.5, 0.6) is 0 Å². The van der Waals surface area contributed by atoms with E-state index >= 15 is 0 Å². The molecular weight excluding hydrogens is 220 g/mol. The molecular formula is C16H26N2. The van der Waals surface area contributed by atoms with Crippen molar-refractivity contribution >= 4 is 0 Å². The van der Waals surface area contributed by atoms with E-state index in [0.717, 1.165) is 6.42 Å². The predicted molar refractivity (Wildman–Crippen MR) is 77.9 cm³/mol. The maximum Gasteiger partial charge on any atom is 0.0294 e. The van der Waals surface area contributed by atoms with Gasteiger partial charge in [-0.1, -0.05) is 31.2 Å².